The number of hydrogen-bond acceptors (Lipinski definition) is 15. The van der Waals surface area contributed by atoms with E-state index in [1.807, 2.05) is 0 Å². The van der Waals surface area contributed by atoms with Gasteiger partial charge < -0.3 is 85.1 Å². The molecule has 0 heterocycles. The number of aliphatic hydroxyl groups is 3. The quantitative estimate of drug-likeness (QED) is 0.0238. The summed E-state index contributed by atoms with van der Waals surface area (Å²) in [5, 5.41) is 80.3. The number of guanidine groups is 2. The van der Waals surface area contributed by atoms with Gasteiger partial charge in [0.05, 0.1) is 25.4 Å². The molecule has 0 fully saturated rings. The van der Waals surface area contributed by atoms with Gasteiger partial charge in [0.1, 0.15) is 42.3 Å². The SMILES string of the molecule is CCCCCCCCCCCCCCCCCC(=O)N[C@H](C(=O)N[C@H](C(=O)N[C@@H](Cc1ccccc1)C(=O)N[C@@H](CCCNC(=N)N)C(=O)N[C@@H](CO)C(=O)N[C@@H](CO)C(=O)N[C@@H](CCCNC(=N)N)C(=O)N[C@@H](CCC(=O)O)C(C)=O)C(C)C)[C@@H](C)O. The topological polar surface area (TPSA) is 472 Å². The van der Waals surface area contributed by atoms with Gasteiger partial charge in [0, 0.05) is 32.4 Å². The maximum Gasteiger partial charge on any atom is 0.303 e. The van der Waals surface area contributed by atoms with Crippen molar-refractivity contribution in [1.29, 1.82) is 10.8 Å². The van der Waals surface area contributed by atoms with Crippen molar-refractivity contribution in [2.24, 2.45) is 17.4 Å². The van der Waals surface area contributed by atoms with E-state index in [2.05, 4.69) is 60.1 Å². The minimum absolute atomic E-state index is 0.0313. The second-order valence-corrected chi connectivity index (χ2v) is 22.6. The van der Waals surface area contributed by atoms with Gasteiger partial charge in [-0.3, -0.25) is 58.8 Å². The Morgan fingerprint density at radius 3 is 1.25 bits per heavy atom. The fraction of sp³-hybridized carbons (Fsp3) is 0.700. The second-order valence-electron chi connectivity index (χ2n) is 22.6. The lowest BCUT2D eigenvalue weighted by molar-refractivity contribution is -0.138. The molecule has 20 N–H and O–H groups in total. The fourth-order valence-corrected chi connectivity index (χ4v) is 9.40. The van der Waals surface area contributed by atoms with Crippen LogP contribution in [0, 0.1) is 16.7 Å². The minimum Gasteiger partial charge on any atom is -0.481 e. The smallest absolute Gasteiger partial charge is 0.303 e. The van der Waals surface area contributed by atoms with Crippen molar-refractivity contribution >= 4 is 70.9 Å². The van der Waals surface area contributed by atoms with Crippen molar-refractivity contribution in [2.45, 2.75) is 237 Å². The number of carbonyl (C=O) groups excluding carboxylic acids is 9. The van der Waals surface area contributed by atoms with Gasteiger partial charge in [-0.15, -0.1) is 0 Å². The van der Waals surface area contributed by atoms with E-state index in [1.54, 1.807) is 44.2 Å². The zero-order valence-corrected chi connectivity index (χ0v) is 52.3. The lowest BCUT2D eigenvalue weighted by Gasteiger charge is -2.29. The van der Waals surface area contributed by atoms with Crippen LogP contribution in [-0.2, 0) is 54.4 Å². The molecule has 1 aromatic rings. The zero-order chi connectivity index (χ0) is 66.0. The number of nitrogens with two attached hydrogens (primary N) is 2. The summed E-state index contributed by atoms with van der Waals surface area (Å²) in [6.07, 6.45) is 15.1. The molecule has 0 aliphatic rings. The number of benzene rings is 1. The molecule has 1 rings (SSSR count). The molecule has 88 heavy (non-hydrogen) atoms. The Hall–Kier alpha value is -7.46. The summed E-state index contributed by atoms with van der Waals surface area (Å²) in [5.74, 6) is -10.5. The van der Waals surface area contributed by atoms with Gasteiger partial charge in [0.15, 0.2) is 17.7 Å². The monoisotopic (exact) mass is 1240 g/mol. The largest absolute Gasteiger partial charge is 0.481 e. The average Bonchev–Trinajstić information content (AvgIpc) is 2.07. The van der Waals surface area contributed by atoms with Crippen LogP contribution in [0.2, 0.25) is 0 Å². The number of nitrogens with one attached hydrogen (secondary N) is 12. The molecule has 0 aliphatic heterocycles. The highest BCUT2D eigenvalue weighted by molar-refractivity contribution is 5.98. The molecule has 1 aromatic carbocycles. The Balaban J connectivity index is 3.25. The lowest BCUT2D eigenvalue weighted by atomic mass is 9.99. The number of aliphatic carboxylic acids is 1. The van der Waals surface area contributed by atoms with E-state index in [0.29, 0.717) is 12.0 Å². The first-order chi connectivity index (χ1) is 41.8. The Labute approximate surface area is 517 Å². The van der Waals surface area contributed by atoms with Gasteiger partial charge in [-0.2, -0.15) is 0 Å². The molecular weight excluding hydrogens is 1140 g/mol. The van der Waals surface area contributed by atoms with Crippen LogP contribution in [0.4, 0.5) is 0 Å². The number of hydrogen-bond donors (Lipinski definition) is 18. The molecule has 0 aromatic heterocycles. The number of unbranched alkanes of at least 4 members (excludes halogenated alkanes) is 14. The number of ketones is 1. The van der Waals surface area contributed by atoms with Crippen molar-refractivity contribution in [3.05, 3.63) is 35.9 Å². The number of rotatable bonds is 49. The normalized spacial score (nSPS) is 14.1. The van der Waals surface area contributed by atoms with Crippen LogP contribution in [0.25, 0.3) is 0 Å². The standard InChI is InChI=1S/C60H104N14O14/c1-6-7-8-9-10-11-12-13-14-15-16-17-18-19-23-30-48(79)73-51(40(5)78)58(88)74-50(38(2)3)57(87)70-45(35-41-26-21-20-22-27-41)54(84)68-44(29-25-34-66-60(63)64)53(83)71-47(37-76)56(86)72-46(36-75)55(85)69-43(28-24-33-65-59(61)62)52(82)67-42(39(4)77)31-32-49(80)81/h20-22,26-27,38,40,42-47,50-51,75-76,78H,6-19,23-25,28-37H2,1-5H3,(H,67,82)(H,68,84)(H,69,85)(H,70,87)(H,71,83)(H,72,86)(H,73,79)(H,74,88)(H,80,81)(H4,61,62,65)(H4,63,64,66)/t40-,42+,43+,44+,45+,46+,47+,50+,51+/m1/s1. The third-order valence-corrected chi connectivity index (χ3v) is 14.6. The van der Waals surface area contributed by atoms with Crippen LogP contribution < -0.4 is 64.6 Å². The van der Waals surface area contributed by atoms with Crippen LogP contribution >= 0.6 is 0 Å². The highest BCUT2D eigenvalue weighted by Gasteiger charge is 2.36. The molecule has 498 valence electrons. The molecule has 9 atom stereocenters. The fourth-order valence-electron chi connectivity index (χ4n) is 9.40. The Morgan fingerprint density at radius 1 is 0.466 bits per heavy atom. The highest BCUT2D eigenvalue weighted by Crippen LogP contribution is 2.15. The number of carboxylic acid groups (broad SMARTS) is 1. The molecule has 0 saturated heterocycles. The van der Waals surface area contributed by atoms with Gasteiger partial charge in [0.25, 0.3) is 0 Å². The highest BCUT2D eigenvalue weighted by atomic mass is 16.4. The Bertz CT molecular complexity index is 2330. The van der Waals surface area contributed by atoms with E-state index in [1.165, 1.54) is 71.1 Å². The van der Waals surface area contributed by atoms with Crippen molar-refractivity contribution in [2.75, 3.05) is 26.3 Å². The molecular formula is C60H104N14O14. The third kappa shape index (κ3) is 34.8. The van der Waals surface area contributed by atoms with Crippen molar-refractivity contribution in [3.8, 4) is 0 Å². The number of amides is 8. The van der Waals surface area contributed by atoms with E-state index in [9.17, 15) is 63.3 Å². The third-order valence-electron chi connectivity index (χ3n) is 14.6. The van der Waals surface area contributed by atoms with Crippen molar-refractivity contribution in [3.63, 3.8) is 0 Å². The predicted molar refractivity (Wildman–Crippen MR) is 332 cm³/mol. The molecule has 0 aliphatic carbocycles. The van der Waals surface area contributed by atoms with Gasteiger partial charge in [-0.25, -0.2) is 0 Å². The molecule has 28 heteroatoms. The molecule has 0 saturated carbocycles. The summed E-state index contributed by atoms with van der Waals surface area (Å²) in [7, 11) is 0. The van der Waals surface area contributed by atoms with Crippen LogP contribution in [0.1, 0.15) is 181 Å². The van der Waals surface area contributed by atoms with Crippen molar-refractivity contribution in [1.82, 2.24) is 53.2 Å². The summed E-state index contributed by atoms with van der Waals surface area (Å²) >= 11 is 0. The van der Waals surface area contributed by atoms with E-state index in [4.69, 9.17) is 27.4 Å². The van der Waals surface area contributed by atoms with Crippen molar-refractivity contribution < 1.29 is 68.4 Å². The van der Waals surface area contributed by atoms with E-state index < -0.39 is 145 Å². The number of carboxylic acids is 1. The predicted octanol–water partition coefficient (Wildman–Crippen LogP) is 0.371. The van der Waals surface area contributed by atoms with Gasteiger partial charge >= 0.3 is 5.97 Å². The molecule has 0 spiro atoms. The molecule has 0 unspecified atom stereocenters. The number of Topliss-reactive ketones (excluding diaryl/α,β-unsaturated/α-hetero) is 1. The van der Waals surface area contributed by atoms with Crippen LogP contribution in [0.15, 0.2) is 30.3 Å². The average molecular weight is 1250 g/mol. The molecule has 0 radical (unpaired) electrons. The molecule has 8 amide bonds. The summed E-state index contributed by atoms with van der Waals surface area (Å²) < 4.78 is 0. The van der Waals surface area contributed by atoms with Crippen LogP contribution in [-0.4, -0.2) is 172 Å². The molecule has 28 nitrogen and oxygen atoms in total. The zero-order valence-electron chi connectivity index (χ0n) is 52.3. The number of aliphatic hydroxyl groups excluding tert-OH is 3. The first-order valence-corrected chi connectivity index (χ1v) is 31.1. The van der Waals surface area contributed by atoms with Gasteiger partial charge in [-0.1, -0.05) is 141 Å². The van der Waals surface area contributed by atoms with E-state index >= 15 is 0 Å². The van der Waals surface area contributed by atoms with Gasteiger partial charge in [-0.05, 0) is 63.9 Å². The van der Waals surface area contributed by atoms with Gasteiger partial charge in [0.2, 0.25) is 47.3 Å². The van der Waals surface area contributed by atoms with E-state index in [-0.39, 0.29) is 64.0 Å². The maximum atomic E-state index is 14.4. The second kappa shape index (κ2) is 45.8. The number of carbonyl (C=O) groups is 10. The van der Waals surface area contributed by atoms with Crippen LogP contribution in [0.3, 0.4) is 0 Å². The maximum absolute atomic E-state index is 14.4. The summed E-state index contributed by atoms with van der Waals surface area (Å²) in [6.45, 7) is 5.88. The Morgan fingerprint density at radius 2 is 0.852 bits per heavy atom. The summed E-state index contributed by atoms with van der Waals surface area (Å²) in [6, 6.07) is -3.56. The lowest BCUT2D eigenvalue weighted by Crippen LogP contribution is -2.62. The minimum atomic E-state index is -1.84. The van der Waals surface area contributed by atoms with E-state index in [0.717, 1.165) is 32.6 Å². The first-order valence-electron chi connectivity index (χ1n) is 31.1. The summed E-state index contributed by atoms with van der Waals surface area (Å²) in [4.78, 5) is 134. The molecule has 0 bridgehead atoms. The van der Waals surface area contributed by atoms with Crippen LogP contribution in [0.5, 0.6) is 0 Å². The first kappa shape index (κ1) is 78.6. The summed E-state index contributed by atoms with van der Waals surface area (Å²) in [5.41, 5.74) is 11.4. The Kier molecular flexibility index (Phi) is 40.9.